The topological polar surface area (TPSA) is 29.4 Å². The summed E-state index contributed by atoms with van der Waals surface area (Å²) in [5.41, 5.74) is 2.56. The summed E-state index contributed by atoms with van der Waals surface area (Å²) in [4.78, 5) is 14.0. The Labute approximate surface area is 125 Å². The van der Waals surface area contributed by atoms with Crippen molar-refractivity contribution in [2.24, 2.45) is 16.3 Å². The van der Waals surface area contributed by atoms with Crippen molar-refractivity contribution in [2.45, 2.75) is 19.3 Å². The molecule has 98 valence electrons. The highest BCUT2D eigenvalue weighted by Gasteiger charge is 2.61. The standard InChI is InChI=1S/C15H13BrClNO/c16-13-5-10(1-2-12-7-15(12)3-4-15)11(6-14(13)17)8-18-9-19/h1-2,5-6,8-9,12H,3-4,7H2/b2-1+,18-8?. The monoisotopic (exact) mass is 337 g/mol. The summed E-state index contributed by atoms with van der Waals surface area (Å²) in [5, 5.41) is 0.620. The summed E-state index contributed by atoms with van der Waals surface area (Å²) in [6.45, 7) is 0. The molecule has 2 saturated carbocycles. The van der Waals surface area contributed by atoms with Crippen LogP contribution < -0.4 is 0 Å². The molecule has 0 radical (unpaired) electrons. The summed E-state index contributed by atoms with van der Waals surface area (Å²) >= 11 is 9.50. The zero-order valence-electron chi connectivity index (χ0n) is 10.3. The number of carbonyl (C=O) groups excluding carboxylic acids is 1. The molecular weight excluding hydrogens is 326 g/mol. The maximum atomic E-state index is 10.4. The van der Waals surface area contributed by atoms with E-state index in [1.54, 1.807) is 6.21 Å². The summed E-state index contributed by atoms with van der Waals surface area (Å²) in [6, 6.07) is 3.78. The van der Waals surface area contributed by atoms with Gasteiger partial charge in [-0.2, -0.15) is 0 Å². The number of rotatable bonds is 4. The maximum Gasteiger partial charge on any atom is 0.232 e. The molecule has 0 saturated heterocycles. The minimum atomic E-state index is 0.531. The first-order valence-corrected chi connectivity index (χ1v) is 7.46. The van der Waals surface area contributed by atoms with Gasteiger partial charge in [0.05, 0.1) is 5.02 Å². The van der Waals surface area contributed by atoms with Crippen LogP contribution in [-0.4, -0.2) is 12.6 Å². The third kappa shape index (κ3) is 2.67. The second-order valence-electron chi connectivity index (χ2n) is 5.31. The molecule has 0 aromatic heterocycles. The van der Waals surface area contributed by atoms with E-state index in [1.165, 1.54) is 19.3 Å². The van der Waals surface area contributed by atoms with Crippen molar-refractivity contribution in [3.63, 3.8) is 0 Å². The fourth-order valence-corrected chi connectivity index (χ4v) is 3.08. The molecule has 0 N–H and O–H groups in total. The highest BCUT2D eigenvalue weighted by Crippen LogP contribution is 2.71. The van der Waals surface area contributed by atoms with Gasteiger partial charge in [-0.15, -0.1) is 0 Å². The molecule has 2 nitrogen and oxygen atoms in total. The maximum absolute atomic E-state index is 10.4. The molecule has 2 fully saturated rings. The van der Waals surface area contributed by atoms with Gasteiger partial charge in [-0.1, -0.05) is 23.8 Å². The molecule has 19 heavy (non-hydrogen) atoms. The molecule has 2 aliphatic carbocycles. The number of benzene rings is 1. The van der Waals surface area contributed by atoms with Crippen molar-refractivity contribution in [2.75, 3.05) is 0 Å². The summed E-state index contributed by atoms with van der Waals surface area (Å²) < 4.78 is 0.856. The zero-order valence-corrected chi connectivity index (χ0v) is 12.6. The smallest absolute Gasteiger partial charge is 0.232 e. The SMILES string of the molecule is O=CN=Cc1cc(Cl)c(Br)cc1/C=C/C1CC12CC2. The van der Waals surface area contributed by atoms with Gasteiger partial charge in [0, 0.05) is 16.3 Å². The lowest BCUT2D eigenvalue weighted by Crippen LogP contribution is -1.89. The second-order valence-corrected chi connectivity index (χ2v) is 6.57. The Morgan fingerprint density at radius 1 is 1.37 bits per heavy atom. The lowest BCUT2D eigenvalue weighted by atomic mass is 10.1. The molecule has 0 aliphatic heterocycles. The van der Waals surface area contributed by atoms with Crippen LogP contribution in [0.15, 0.2) is 27.7 Å². The number of aliphatic imine (C=N–C) groups is 1. The van der Waals surface area contributed by atoms with Gasteiger partial charge in [-0.3, -0.25) is 4.79 Å². The van der Waals surface area contributed by atoms with Crippen molar-refractivity contribution in [3.05, 3.63) is 38.8 Å². The Morgan fingerprint density at radius 2 is 2.16 bits per heavy atom. The first-order valence-electron chi connectivity index (χ1n) is 6.29. The van der Waals surface area contributed by atoms with Crippen LogP contribution >= 0.6 is 27.5 Å². The summed E-state index contributed by atoms with van der Waals surface area (Å²) in [7, 11) is 0. The Hall–Kier alpha value is -0.930. The van der Waals surface area contributed by atoms with Crippen LogP contribution in [0.2, 0.25) is 5.02 Å². The van der Waals surface area contributed by atoms with Crippen molar-refractivity contribution in [1.82, 2.24) is 0 Å². The molecular formula is C15H13BrClNO. The number of halogens is 2. The Morgan fingerprint density at radius 3 is 2.79 bits per heavy atom. The third-order valence-corrected chi connectivity index (χ3v) is 5.25. The molecule has 4 heteroatoms. The zero-order chi connectivity index (χ0) is 13.5. The number of hydrogen-bond donors (Lipinski definition) is 0. The molecule has 1 aromatic carbocycles. The normalized spacial score (nSPS) is 23.4. The van der Waals surface area contributed by atoms with E-state index < -0.39 is 0 Å². The molecule has 1 atom stereocenters. The first-order chi connectivity index (χ1) is 9.14. The number of allylic oxidation sites excluding steroid dienone is 1. The van der Waals surface area contributed by atoms with Gasteiger partial charge in [0.25, 0.3) is 0 Å². The molecule has 1 unspecified atom stereocenters. The molecule has 2 aliphatic rings. The lowest BCUT2D eigenvalue weighted by Gasteiger charge is -2.04. The predicted octanol–water partition coefficient (Wildman–Crippen LogP) is 4.49. The largest absolute Gasteiger partial charge is 0.276 e. The number of amides is 1. The first kappa shape index (κ1) is 13.1. The van der Waals surface area contributed by atoms with E-state index in [2.05, 4.69) is 33.1 Å². The highest BCUT2D eigenvalue weighted by atomic mass is 79.9. The molecule has 1 amide bonds. The van der Waals surface area contributed by atoms with Gasteiger partial charge < -0.3 is 0 Å². The average Bonchev–Trinajstić information content (AvgIpc) is 3.30. The van der Waals surface area contributed by atoms with Crippen molar-refractivity contribution >= 4 is 46.2 Å². The number of hydrogen-bond acceptors (Lipinski definition) is 1. The Bertz CT molecular complexity index is 590. The minimum absolute atomic E-state index is 0.531. The fourth-order valence-electron chi connectivity index (χ4n) is 2.55. The van der Waals surface area contributed by atoms with Crippen molar-refractivity contribution in [3.8, 4) is 0 Å². The number of nitrogens with zero attached hydrogens (tertiary/aromatic N) is 1. The van der Waals surface area contributed by atoms with Crippen LogP contribution in [0.3, 0.4) is 0 Å². The predicted molar refractivity (Wildman–Crippen MR) is 81.6 cm³/mol. The molecule has 0 heterocycles. The van der Waals surface area contributed by atoms with Crippen LogP contribution in [0.5, 0.6) is 0 Å². The summed E-state index contributed by atoms with van der Waals surface area (Å²) in [6.07, 6.45) is 10.6. The van der Waals surface area contributed by atoms with E-state index in [0.717, 1.165) is 21.5 Å². The van der Waals surface area contributed by atoms with Crippen LogP contribution in [0.4, 0.5) is 0 Å². The molecule has 0 bridgehead atoms. The quantitative estimate of drug-likeness (QED) is 0.587. The van der Waals surface area contributed by atoms with E-state index in [4.69, 9.17) is 11.6 Å². The van der Waals surface area contributed by atoms with Gasteiger partial charge in [0.15, 0.2) is 0 Å². The van der Waals surface area contributed by atoms with Crippen LogP contribution in [0, 0.1) is 11.3 Å². The lowest BCUT2D eigenvalue weighted by molar-refractivity contribution is -0.106. The Kier molecular flexibility index (Phi) is 3.35. The Balaban J connectivity index is 1.87. The van der Waals surface area contributed by atoms with E-state index in [0.29, 0.717) is 16.8 Å². The van der Waals surface area contributed by atoms with E-state index >= 15 is 0 Å². The van der Waals surface area contributed by atoms with E-state index in [-0.39, 0.29) is 0 Å². The number of carbonyl (C=O) groups is 1. The van der Waals surface area contributed by atoms with Gasteiger partial charge >= 0.3 is 0 Å². The van der Waals surface area contributed by atoms with Crippen molar-refractivity contribution < 1.29 is 4.79 Å². The van der Waals surface area contributed by atoms with Gasteiger partial charge in [-0.05, 0) is 64.2 Å². The molecule has 1 aromatic rings. The highest BCUT2D eigenvalue weighted by molar-refractivity contribution is 9.10. The van der Waals surface area contributed by atoms with Gasteiger partial charge in [0.1, 0.15) is 0 Å². The third-order valence-electron chi connectivity index (χ3n) is 4.05. The molecule has 1 spiro atoms. The van der Waals surface area contributed by atoms with Crippen LogP contribution in [0.25, 0.3) is 6.08 Å². The summed E-state index contributed by atoms with van der Waals surface area (Å²) in [5.74, 6) is 0.734. The van der Waals surface area contributed by atoms with Crippen LogP contribution in [0.1, 0.15) is 30.4 Å². The van der Waals surface area contributed by atoms with Crippen molar-refractivity contribution in [1.29, 1.82) is 0 Å². The van der Waals surface area contributed by atoms with Gasteiger partial charge in [-0.25, -0.2) is 4.99 Å². The van der Waals surface area contributed by atoms with E-state index in [9.17, 15) is 4.79 Å². The molecule has 3 rings (SSSR count). The second kappa shape index (κ2) is 4.88. The average molecular weight is 339 g/mol. The van der Waals surface area contributed by atoms with Gasteiger partial charge in [0.2, 0.25) is 6.41 Å². The minimum Gasteiger partial charge on any atom is -0.276 e. The fraction of sp³-hybridized carbons (Fsp3) is 0.333. The van der Waals surface area contributed by atoms with Crippen LogP contribution in [-0.2, 0) is 4.79 Å². The van der Waals surface area contributed by atoms with E-state index in [1.807, 2.05) is 12.1 Å².